The molecule has 0 spiro atoms. The minimum absolute atomic E-state index is 0.116. The van der Waals surface area contributed by atoms with Crippen LogP contribution in [0.15, 0.2) is 48.5 Å². The maximum atomic E-state index is 12.3. The molecule has 0 radical (unpaired) electrons. The van der Waals surface area contributed by atoms with Gasteiger partial charge in [-0.15, -0.1) is 0 Å². The molecular formula is C21H25N7O2. The lowest BCUT2D eigenvalue weighted by Crippen LogP contribution is -2.30. The second kappa shape index (κ2) is 9.66. The number of aryl methyl sites for hydroxylation is 1. The summed E-state index contributed by atoms with van der Waals surface area (Å²) in [4.78, 5) is 26.8. The third-order valence-corrected chi connectivity index (χ3v) is 4.21. The average Bonchev–Trinajstić information content (AvgIpc) is 2.69. The second-order valence-electron chi connectivity index (χ2n) is 6.87. The molecule has 0 aliphatic heterocycles. The van der Waals surface area contributed by atoms with Gasteiger partial charge in [0.25, 0.3) is 0 Å². The number of hydrogen-bond acceptors (Lipinski definition) is 8. The zero-order chi connectivity index (χ0) is 21.5. The highest BCUT2D eigenvalue weighted by atomic mass is 16.5. The number of carbonyl (C=O) groups is 1. The van der Waals surface area contributed by atoms with E-state index in [2.05, 4.69) is 25.6 Å². The summed E-state index contributed by atoms with van der Waals surface area (Å²) in [7, 11) is 3.40. The van der Waals surface area contributed by atoms with E-state index in [9.17, 15) is 4.79 Å². The average molecular weight is 407 g/mol. The minimum atomic E-state index is -0.150. The van der Waals surface area contributed by atoms with Crippen LogP contribution in [0, 0.1) is 6.92 Å². The number of anilines is 4. The second-order valence-corrected chi connectivity index (χ2v) is 6.87. The fraction of sp³-hybridized carbons (Fsp3) is 0.238. The van der Waals surface area contributed by atoms with Crippen molar-refractivity contribution in [3.05, 3.63) is 59.9 Å². The van der Waals surface area contributed by atoms with Crippen molar-refractivity contribution in [3.8, 4) is 5.75 Å². The van der Waals surface area contributed by atoms with Crippen LogP contribution in [0.25, 0.3) is 0 Å². The van der Waals surface area contributed by atoms with Gasteiger partial charge in [-0.05, 0) is 50.4 Å². The van der Waals surface area contributed by atoms with Crippen molar-refractivity contribution < 1.29 is 9.53 Å². The lowest BCUT2D eigenvalue weighted by Gasteiger charge is -2.16. The number of methoxy groups -OCH3 is 1. The fourth-order valence-electron chi connectivity index (χ4n) is 2.75. The molecule has 4 N–H and O–H groups in total. The number of aromatic nitrogens is 3. The Balaban J connectivity index is 1.58. The van der Waals surface area contributed by atoms with Gasteiger partial charge in [-0.2, -0.15) is 15.0 Å². The number of carbonyl (C=O) groups excluding carboxylic acids is 1. The van der Waals surface area contributed by atoms with Gasteiger partial charge in [-0.25, -0.2) is 0 Å². The largest absolute Gasteiger partial charge is 0.497 e. The Bertz CT molecular complexity index is 991. The first-order valence-electron chi connectivity index (χ1n) is 9.38. The molecule has 30 heavy (non-hydrogen) atoms. The summed E-state index contributed by atoms with van der Waals surface area (Å²) in [5.74, 6) is 1.52. The number of rotatable bonds is 8. The predicted octanol–water partition coefficient (Wildman–Crippen LogP) is 2.58. The molecule has 0 unspecified atom stereocenters. The third-order valence-electron chi connectivity index (χ3n) is 4.21. The molecular weight excluding hydrogens is 382 g/mol. The number of hydrogen-bond donors (Lipinski definition) is 3. The van der Waals surface area contributed by atoms with Crippen LogP contribution in [0.3, 0.4) is 0 Å². The Morgan fingerprint density at radius 1 is 1.03 bits per heavy atom. The standard InChI is InChI=1S/C21H25N7O2/c1-14-4-6-16(7-5-14)24-21-26-18(25-20(22)27-21)12-28(2)13-19(29)23-15-8-10-17(30-3)11-9-15/h4-11H,12-13H2,1-3H3,(H,23,29)(H3,22,24,25,26,27). The molecule has 156 valence electrons. The Kier molecular flexibility index (Phi) is 6.76. The van der Waals surface area contributed by atoms with E-state index in [1.165, 1.54) is 0 Å². The van der Waals surface area contributed by atoms with Crippen molar-refractivity contribution in [3.63, 3.8) is 0 Å². The first kappa shape index (κ1) is 21.0. The molecule has 0 saturated heterocycles. The van der Waals surface area contributed by atoms with Crippen LogP contribution < -0.4 is 21.1 Å². The zero-order valence-electron chi connectivity index (χ0n) is 17.2. The SMILES string of the molecule is COc1ccc(NC(=O)CN(C)Cc2nc(N)nc(Nc3ccc(C)cc3)n2)cc1. The fourth-order valence-corrected chi connectivity index (χ4v) is 2.75. The number of nitrogens with zero attached hydrogens (tertiary/aromatic N) is 4. The van der Waals surface area contributed by atoms with Crippen LogP contribution >= 0.6 is 0 Å². The minimum Gasteiger partial charge on any atom is -0.497 e. The number of ether oxygens (including phenoxy) is 1. The Hall–Kier alpha value is -3.72. The van der Waals surface area contributed by atoms with Crippen molar-refractivity contribution in [2.75, 3.05) is 37.1 Å². The number of amides is 1. The normalized spacial score (nSPS) is 10.7. The molecule has 1 amide bonds. The smallest absolute Gasteiger partial charge is 0.238 e. The summed E-state index contributed by atoms with van der Waals surface area (Å²) in [5.41, 5.74) is 8.54. The monoisotopic (exact) mass is 407 g/mol. The Morgan fingerprint density at radius 3 is 2.37 bits per heavy atom. The van der Waals surface area contributed by atoms with Crippen LogP contribution in [-0.2, 0) is 11.3 Å². The number of nitrogens with two attached hydrogens (primary N) is 1. The molecule has 0 fully saturated rings. The Morgan fingerprint density at radius 2 is 1.70 bits per heavy atom. The van der Waals surface area contributed by atoms with Crippen molar-refractivity contribution in [2.45, 2.75) is 13.5 Å². The molecule has 0 atom stereocenters. The van der Waals surface area contributed by atoms with Gasteiger partial charge in [-0.1, -0.05) is 17.7 Å². The van der Waals surface area contributed by atoms with E-state index in [0.717, 1.165) is 17.0 Å². The van der Waals surface area contributed by atoms with Gasteiger partial charge in [0.1, 0.15) is 11.6 Å². The Labute approximate surface area is 175 Å². The molecule has 1 aromatic heterocycles. The van der Waals surface area contributed by atoms with Crippen LogP contribution in [-0.4, -0.2) is 46.5 Å². The maximum absolute atomic E-state index is 12.3. The molecule has 0 aliphatic rings. The van der Waals surface area contributed by atoms with Crippen molar-refractivity contribution in [1.29, 1.82) is 0 Å². The van der Waals surface area contributed by atoms with E-state index in [0.29, 0.717) is 24.0 Å². The van der Waals surface area contributed by atoms with Gasteiger partial charge in [0.15, 0.2) is 0 Å². The van der Waals surface area contributed by atoms with E-state index >= 15 is 0 Å². The van der Waals surface area contributed by atoms with Gasteiger partial charge < -0.3 is 21.1 Å². The lowest BCUT2D eigenvalue weighted by molar-refractivity contribution is -0.117. The van der Waals surface area contributed by atoms with Crippen LogP contribution in [0.4, 0.5) is 23.3 Å². The molecule has 9 heteroatoms. The molecule has 0 bridgehead atoms. The molecule has 9 nitrogen and oxygen atoms in total. The quantitative estimate of drug-likeness (QED) is 0.521. The van der Waals surface area contributed by atoms with E-state index < -0.39 is 0 Å². The highest BCUT2D eigenvalue weighted by molar-refractivity contribution is 5.92. The summed E-state index contributed by atoms with van der Waals surface area (Å²) in [6.45, 7) is 2.52. The molecule has 0 saturated carbocycles. The summed E-state index contributed by atoms with van der Waals surface area (Å²) in [6, 6.07) is 15.0. The van der Waals surface area contributed by atoms with Gasteiger partial charge >= 0.3 is 0 Å². The molecule has 0 aliphatic carbocycles. The number of nitrogens with one attached hydrogen (secondary N) is 2. The van der Waals surface area contributed by atoms with E-state index in [1.54, 1.807) is 43.3 Å². The summed E-state index contributed by atoms with van der Waals surface area (Å²) >= 11 is 0. The highest BCUT2D eigenvalue weighted by Crippen LogP contribution is 2.16. The summed E-state index contributed by atoms with van der Waals surface area (Å²) in [6.07, 6.45) is 0. The maximum Gasteiger partial charge on any atom is 0.238 e. The van der Waals surface area contributed by atoms with Crippen molar-refractivity contribution >= 4 is 29.2 Å². The highest BCUT2D eigenvalue weighted by Gasteiger charge is 2.11. The first-order chi connectivity index (χ1) is 14.4. The first-order valence-corrected chi connectivity index (χ1v) is 9.38. The van der Waals surface area contributed by atoms with Gasteiger partial charge in [0, 0.05) is 11.4 Å². The van der Waals surface area contributed by atoms with Gasteiger partial charge in [-0.3, -0.25) is 9.69 Å². The number of benzene rings is 2. The molecule has 3 rings (SSSR count). The van der Waals surface area contributed by atoms with E-state index in [4.69, 9.17) is 10.5 Å². The summed E-state index contributed by atoms with van der Waals surface area (Å²) < 4.78 is 5.11. The molecule has 2 aromatic carbocycles. The topological polar surface area (TPSA) is 118 Å². The van der Waals surface area contributed by atoms with Crippen molar-refractivity contribution in [1.82, 2.24) is 19.9 Å². The predicted molar refractivity (Wildman–Crippen MR) is 117 cm³/mol. The zero-order valence-corrected chi connectivity index (χ0v) is 17.2. The molecule has 1 heterocycles. The van der Waals surface area contributed by atoms with Crippen LogP contribution in [0.1, 0.15) is 11.4 Å². The molecule has 3 aromatic rings. The van der Waals surface area contributed by atoms with Crippen molar-refractivity contribution in [2.24, 2.45) is 0 Å². The van der Waals surface area contributed by atoms with Gasteiger partial charge in [0.05, 0.1) is 20.2 Å². The third kappa shape index (κ3) is 6.14. The number of likely N-dealkylation sites (N-methyl/N-ethyl adjacent to an activating group) is 1. The van der Waals surface area contributed by atoms with E-state index in [-0.39, 0.29) is 18.4 Å². The number of nitrogen functional groups attached to an aromatic ring is 1. The van der Waals surface area contributed by atoms with Crippen LogP contribution in [0.2, 0.25) is 0 Å². The van der Waals surface area contributed by atoms with Gasteiger partial charge in [0.2, 0.25) is 17.8 Å². The van der Waals surface area contributed by atoms with E-state index in [1.807, 2.05) is 31.2 Å². The lowest BCUT2D eigenvalue weighted by atomic mass is 10.2. The van der Waals surface area contributed by atoms with Crippen LogP contribution in [0.5, 0.6) is 5.75 Å². The summed E-state index contributed by atoms with van der Waals surface area (Å²) in [5, 5.41) is 5.96.